The molecule has 6 nitrogen and oxygen atoms in total. The van der Waals surface area contributed by atoms with E-state index in [0.717, 1.165) is 51.6 Å². The molecule has 1 unspecified atom stereocenters. The van der Waals surface area contributed by atoms with Gasteiger partial charge >= 0.3 is 0 Å². The van der Waals surface area contributed by atoms with Crippen LogP contribution in [-0.4, -0.2) is 32.7 Å². The van der Waals surface area contributed by atoms with Gasteiger partial charge in [0.15, 0.2) is 0 Å². The number of fused-ring (bicyclic) bond motifs is 1. The normalized spacial score (nSPS) is 18.8. The minimum atomic E-state index is 0.0754. The molecule has 3 N–H and O–H groups in total. The molecule has 176 valence electrons. The van der Waals surface area contributed by atoms with Crippen molar-refractivity contribution < 1.29 is 5.11 Å². The second kappa shape index (κ2) is 9.68. The third kappa shape index (κ3) is 4.76. The second-order valence-corrected chi connectivity index (χ2v) is 10.4. The number of aliphatic hydroxyl groups excluding tert-OH is 1. The van der Waals surface area contributed by atoms with Crippen LogP contribution in [0.3, 0.4) is 0 Å². The minimum absolute atomic E-state index is 0.0754. The number of aryl methyl sites for hydroxylation is 2. The van der Waals surface area contributed by atoms with Crippen LogP contribution in [0, 0.1) is 19.8 Å². The maximum absolute atomic E-state index is 9.60. The van der Waals surface area contributed by atoms with Gasteiger partial charge in [-0.1, -0.05) is 42.0 Å². The lowest BCUT2D eigenvalue weighted by Gasteiger charge is -2.20. The van der Waals surface area contributed by atoms with Gasteiger partial charge in [0.2, 0.25) is 5.95 Å². The number of hydrogen-bond acceptors (Lipinski definition) is 7. The van der Waals surface area contributed by atoms with Crippen LogP contribution in [-0.2, 0) is 0 Å². The first-order chi connectivity index (χ1) is 16.5. The molecule has 34 heavy (non-hydrogen) atoms. The van der Waals surface area contributed by atoms with Crippen LogP contribution in [0.5, 0.6) is 0 Å². The molecular weight excluding hydrogens is 442 g/mol. The Kier molecular flexibility index (Phi) is 6.48. The molecule has 1 fully saturated rings. The monoisotopic (exact) mass is 473 g/mol. The van der Waals surface area contributed by atoms with Crippen LogP contribution in [0.2, 0.25) is 0 Å². The Hall–Kier alpha value is -3.03. The van der Waals surface area contributed by atoms with E-state index in [9.17, 15) is 5.11 Å². The molecule has 2 aromatic carbocycles. The summed E-state index contributed by atoms with van der Waals surface area (Å²) in [6.45, 7) is 6.49. The van der Waals surface area contributed by atoms with Crippen molar-refractivity contribution in [3.63, 3.8) is 0 Å². The maximum Gasteiger partial charge on any atom is 0.225 e. The Balaban J connectivity index is 1.50. The molecular formula is C27H31N5OS. The second-order valence-electron chi connectivity index (χ2n) is 9.32. The minimum Gasteiger partial charge on any atom is -0.396 e. The largest absolute Gasteiger partial charge is 0.396 e. The number of hydrogen-bond donors (Lipinski definition) is 3. The topological polar surface area (TPSA) is 83.0 Å². The van der Waals surface area contributed by atoms with Crippen molar-refractivity contribution in [3.8, 4) is 10.6 Å². The van der Waals surface area contributed by atoms with Gasteiger partial charge in [-0.3, -0.25) is 0 Å². The molecule has 2 heterocycles. The zero-order valence-corrected chi connectivity index (χ0v) is 20.7. The Bertz CT molecular complexity index is 1250. The van der Waals surface area contributed by atoms with E-state index >= 15 is 0 Å². The molecule has 0 radical (unpaired) electrons. The van der Waals surface area contributed by atoms with Gasteiger partial charge in [0, 0.05) is 12.6 Å². The first kappa shape index (κ1) is 22.7. The fourth-order valence-corrected chi connectivity index (χ4v) is 5.74. The highest BCUT2D eigenvalue weighted by molar-refractivity contribution is 7.21. The van der Waals surface area contributed by atoms with E-state index in [1.165, 1.54) is 11.1 Å². The number of nitrogens with zero attached hydrogens (tertiary/aromatic N) is 3. The third-order valence-electron chi connectivity index (χ3n) is 6.66. The summed E-state index contributed by atoms with van der Waals surface area (Å²) in [7, 11) is 0. The number of rotatable bonds is 7. The third-order valence-corrected chi connectivity index (χ3v) is 7.71. The zero-order valence-electron chi connectivity index (χ0n) is 19.9. The van der Waals surface area contributed by atoms with Gasteiger partial charge in [-0.25, -0.2) is 9.97 Å². The molecule has 1 saturated carbocycles. The van der Waals surface area contributed by atoms with E-state index in [2.05, 4.69) is 54.8 Å². The molecule has 0 bridgehead atoms. The van der Waals surface area contributed by atoms with Crippen molar-refractivity contribution in [2.24, 2.45) is 5.92 Å². The van der Waals surface area contributed by atoms with E-state index in [4.69, 9.17) is 15.0 Å². The number of thiazole rings is 1. The average molecular weight is 474 g/mol. The number of aliphatic hydroxyl groups is 1. The molecule has 1 aliphatic carbocycles. The fraction of sp³-hybridized carbons (Fsp3) is 0.370. The van der Waals surface area contributed by atoms with Gasteiger partial charge in [-0.2, -0.15) is 4.98 Å². The Morgan fingerprint density at radius 2 is 1.82 bits per heavy atom. The van der Waals surface area contributed by atoms with Gasteiger partial charge in [0.05, 0.1) is 27.5 Å². The molecule has 5 rings (SSSR count). The van der Waals surface area contributed by atoms with E-state index in [-0.39, 0.29) is 18.7 Å². The summed E-state index contributed by atoms with van der Waals surface area (Å²) in [6, 6.07) is 17.1. The van der Waals surface area contributed by atoms with Crippen LogP contribution >= 0.6 is 11.3 Å². The van der Waals surface area contributed by atoms with Crippen molar-refractivity contribution in [2.75, 3.05) is 17.2 Å². The fourth-order valence-electron chi connectivity index (χ4n) is 4.67. The summed E-state index contributed by atoms with van der Waals surface area (Å²) in [5, 5.41) is 17.7. The van der Waals surface area contributed by atoms with Crippen LogP contribution < -0.4 is 10.6 Å². The summed E-state index contributed by atoms with van der Waals surface area (Å²) >= 11 is 1.67. The lowest BCUT2D eigenvalue weighted by Crippen LogP contribution is -2.19. The van der Waals surface area contributed by atoms with Crippen LogP contribution in [0.25, 0.3) is 20.8 Å². The van der Waals surface area contributed by atoms with Crippen LogP contribution in [0.1, 0.15) is 49.0 Å². The number of nitrogens with one attached hydrogen (secondary N) is 2. The molecule has 2 aromatic heterocycles. The quantitative estimate of drug-likeness (QED) is 0.300. The van der Waals surface area contributed by atoms with Gasteiger partial charge in [0.25, 0.3) is 0 Å². The van der Waals surface area contributed by atoms with Crippen molar-refractivity contribution >= 4 is 33.3 Å². The van der Waals surface area contributed by atoms with E-state index < -0.39 is 0 Å². The highest BCUT2D eigenvalue weighted by atomic mass is 32.1. The highest BCUT2D eigenvalue weighted by Crippen LogP contribution is 2.38. The van der Waals surface area contributed by atoms with Gasteiger partial charge < -0.3 is 15.7 Å². The first-order valence-corrected chi connectivity index (χ1v) is 12.8. The van der Waals surface area contributed by atoms with Gasteiger partial charge in [-0.15, -0.1) is 11.3 Å². The summed E-state index contributed by atoms with van der Waals surface area (Å²) < 4.78 is 1.15. The number of aromatic nitrogens is 3. The molecule has 3 atom stereocenters. The Morgan fingerprint density at radius 1 is 1.03 bits per heavy atom. The summed E-state index contributed by atoms with van der Waals surface area (Å²) in [4.78, 5) is 14.7. The Morgan fingerprint density at radius 3 is 2.56 bits per heavy atom. The summed E-state index contributed by atoms with van der Waals surface area (Å²) in [6.07, 6.45) is 3.00. The molecule has 0 amide bonds. The van der Waals surface area contributed by atoms with Crippen molar-refractivity contribution in [2.45, 2.75) is 52.1 Å². The molecule has 0 spiro atoms. The molecule has 0 saturated heterocycles. The van der Waals surface area contributed by atoms with E-state index in [1.54, 1.807) is 11.3 Å². The van der Waals surface area contributed by atoms with E-state index in [0.29, 0.717) is 11.9 Å². The molecule has 7 heteroatoms. The first-order valence-electron chi connectivity index (χ1n) is 11.9. The molecule has 1 aliphatic rings. The standard InChI is InChI=1S/C27H31N5OS/c1-16-8-11-20(12-9-16)17(2)28-27-29-18(3)24(26-31-22-6-4-5-7-23(22)34-26)25(32-27)30-21-13-10-19(14-21)15-33/h4-9,11-12,17,19,21,33H,10,13-15H2,1-3H3,(H2,28,29,30,32)/t17?,19-,21+/m1/s1. The van der Waals surface area contributed by atoms with Crippen molar-refractivity contribution in [3.05, 3.63) is 65.4 Å². The molecule has 4 aromatic rings. The van der Waals surface area contributed by atoms with E-state index in [1.807, 2.05) is 25.1 Å². The molecule has 0 aliphatic heterocycles. The number of para-hydroxylation sites is 1. The van der Waals surface area contributed by atoms with Crippen molar-refractivity contribution in [1.82, 2.24) is 15.0 Å². The predicted molar refractivity (Wildman–Crippen MR) is 140 cm³/mol. The van der Waals surface area contributed by atoms with Crippen LogP contribution in [0.4, 0.5) is 11.8 Å². The number of anilines is 2. The summed E-state index contributed by atoms with van der Waals surface area (Å²) in [5.74, 6) is 1.77. The zero-order chi connectivity index (χ0) is 23.7. The average Bonchev–Trinajstić information content (AvgIpc) is 3.45. The number of benzene rings is 2. The lowest BCUT2D eigenvalue weighted by molar-refractivity contribution is 0.229. The maximum atomic E-state index is 9.60. The lowest BCUT2D eigenvalue weighted by atomic mass is 10.1. The van der Waals surface area contributed by atoms with Gasteiger partial charge in [0.1, 0.15) is 10.8 Å². The SMILES string of the molecule is Cc1ccc(C(C)Nc2nc(C)c(-c3nc4ccccc4s3)c(N[C@H]3CC[C@@H](CO)C3)n2)cc1. The Labute approximate surface area is 204 Å². The highest BCUT2D eigenvalue weighted by Gasteiger charge is 2.27. The van der Waals surface area contributed by atoms with Crippen LogP contribution in [0.15, 0.2) is 48.5 Å². The van der Waals surface area contributed by atoms with Gasteiger partial charge in [-0.05, 0) is 63.6 Å². The summed E-state index contributed by atoms with van der Waals surface area (Å²) in [5.41, 5.74) is 5.28. The smallest absolute Gasteiger partial charge is 0.225 e. The predicted octanol–water partition coefficient (Wildman–Crippen LogP) is 6.12. The van der Waals surface area contributed by atoms with Crippen molar-refractivity contribution in [1.29, 1.82) is 0 Å².